The molecule has 0 saturated carbocycles. The highest BCUT2D eigenvalue weighted by Crippen LogP contribution is 2.28. The Hall–Kier alpha value is -1.66. The van der Waals surface area contributed by atoms with Crippen LogP contribution in [0.5, 0.6) is 0 Å². The molecule has 3 heterocycles. The summed E-state index contributed by atoms with van der Waals surface area (Å²) in [7, 11) is 2.15. The van der Waals surface area contributed by atoms with E-state index in [1.54, 1.807) is 0 Å². The minimum atomic E-state index is -0.331. The zero-order valence-corrected chi connectivity index (χ0v) is 18.7. The molecule has 1 N–H and O–H groups in total. The number of hydrogen-bond acceptors (Lipinski definition) is 5. The SMILES string of the molecule is C[C@@H](O)[C@H]1CN(C2CCN(c3ccccn3)CC2)[C@@H](Cc2ccc(Cl)cc2)CN1C. The average molecular weight is 429 g/mol. The number of benzene rings is 1. The van der Waals surface area contributed by atoms with Crippen molar-refractivity contribution in [1.82, 2.24) is 14.8 Å². The maximum absolute atomic E-state index is 10.4. The monoisotopic (exact) mass is 428 g/mol. The van der Waals surface area contributed by atoms with Crippen molar-refractivity contribution in [2.24, 2.45) is 0 Å². The second-order valence-corrected chi connectivity index (χ2v) is 9.27. The van der Waals surface area contributed by atoms with Crippen LogP contribution in [0.1, 0.15) is 25.3 Å². The topological polar surface area (TPSA) is 42.8 Å². The highest BCUT2D eigenvalue weighted by atomic mass is 35.5. The van der Waals surface area contributed by atoms with Crippen LogP contribution < -0.4 is 4.90 Å². The van der Waals surface area contributed by atoms with Gasteiger partial charge in [0, 0.05) is 55.5 Å². The Balaban J connectivity index is 1.47. The van der Waals surface area contributed by atoms with E-state index in [1.807, 2.05) is 31.3 Å². The molecule has 0 amide bonds. The molecule has 30 heavy (non-hydrogen) atoms. The number of piperazine rings is 1. The first-order chi connectivity index (χ1) is 14.5. The van der Waals surface area contributed by atoms with E-state index in [-0.39, 0.29) is 12.1 Å². The van der Waals surface area contributed by atoms with E-state index in [0.717, 1.165) is 56.3 Å². The van der Waals surface area contributed by atoms with E-state index in [1.165, 1.54) is 5.56 Å². The minimum absolute atomic E-state index is 0.181. The highest BCUT2D eigenvalue weighted by Gasteiger charge is 2.38. The number of anilines is 1. The molecule has 5 nitrogen and oxygen atoms in total. The third kappa shape index (κ3) is 4.97. The first kappa shape index (κ1) is 21.6. The molecule has 1 aromatic heterocycles. The van der Waals surface area contributed by atoms with Crippen molar-refractivity contribution in [2.45, 2.75) is 50.4 Å². The summed E-state index contributed by atoms with van der Waals surface area (Å²) >= 11 is 6.09. The maximum atomic E-state index is 10.4. The first-order valence-electron chi connectivity index (χ1n) is 11.1. The van der Waals surface area contributed by atoms with Gasteiger partial charge in [-0.15, -0.1) is 0 Å². The van der Waals surface area contributed by atoms with Crippen LogP contribution in [0, 0.1) is 0 Å². The summed E-state index contributed by atoms with van der Waals surface area (Å²) in [5.41, 5.74) is 1.32. The molecule has 0 unspecified atom stereocenters. The summed E-state index contributed by atoms with van der Waals surface area (Å²) in [6.45, 7) is 5.87. The fourth-order valence-electron chi connectivity index (χ4n) is 5.09. The summed E-state index contributed by atoms with van der Waals surface area (Å²) in [6, 6.07) is 15.5. The molecule has 0 spiro atoms. The predicted octanol–water partition coefficient (Wildman–Crippen LogP) is 3.31. The summed E-state index contributed by atoms with van der Waals surface area (Å²) in [5, 5.41) is 11.1. The van der Waals surface area contributed by atoms with Crippen LogP contribution in [-0.4, -0.2) is 77.3 Å². The third-order valence-electron chi connectivity index (χ3n) is 6.78. The van der Waals surface area contributed by atoms with Crippen LogP contribution in [-0.2, 0) is 6.42 Å². The molecule has 2 aliphatic heterocycles. The van der Waals surface area contributed by atoms with Gasteiger partial charge in [0.25, 0.3) is 0 Å². The Bertz CT molecular complexity index is 793. The molecule has 0 bridgehead atoms. The van der Waals surface area contributed by atoms with E-state index < -0.39 is 0 Å². The molecule has 2 fully saturated rings. The van der Waals surface area contributed by atoms with Crippen molar-refractivity contribution in [3.8, 4) is 0 Å². The Morgan fingerprint density at radius 1 is 1.10 bits per heavy atom. The second kappa shape index (κ2) is 9.65. The second-order valence-electron chi connectivity index (χ2n) is 8.83. The number of rotatable bonds is 5. The van der Waals surface area contributed by atoms with Crippen molar-refractivity contribution in [1.29, 1.82) is 0 Å². The lowest BCUT2D eigenvalue weighted by Gasteiger charge is -2.51. The summed E-state index contributed by atoms with van der Waals surface area (Å²) in [6.07, 6.45) is 4.81. The molecule has 162 valence electrons. The maximum Gasteiger partial charge on any atom is 0.128 e. The quantitative estimate of drug-likeness (QED) is 0.791. The lowest BCUT2D eigenvalue weighted by atomic mass is 9.93. The smallest absolute Gasteiger partial charge is 0.128 e. The largest absolute Gasteiger partial charge is 0.392 e. The van der Waals surface area contributed by atoms with Crippen molar-refractivity contribution in [3.63, 3.8) is 0 Å². The Morgan fingerprint density at radius 2 is 1.83 bits per heavy atom. The van der Waals surface area contributed by atoms with Gasteiger partial charge < -0.3 is 10.0 Å². The molecule has 2 saturated heterocycles. The fraction of sp³-hybridized carbons (Fsp3) is 0.542. The number of pyridine rings is 1. The number of hydrogen-bond donors (Lipinski definition) is 1. The van der Waals surface area contributed by atoms with E-state index in [2.05, 4.69) is 51.0 Å². The molecule has 4 rings (SSSR count). The lowest BCUT2D eigenvalue weighted by molar-refractivity contribution is -0.0348. The number of piperidine rings is 1. The Labute approximate surface area is 185 Å². The van der Waals surface area contributed by atoms with Crippen molar-refractivity contribution < 1.29 is 5.11 Å². The Morgan fingerprint density at radius 3 is 2.47 bits per heavy atom. The highest BCUT2D eigenvalue weighted by molar-refractivity contribution is 6.30. The number of nitrogens with zero attached hydrogens (tertiary/aromatic N) is 4. The van der Waals surface area contributed by atoms with Gasteiger partial charge in [-0.25, -0.2) is 4.98 Å². The van der Waals surface area contributed by atoms with Crippen molar-refractivity contribution in [2.75, 3.05) is 38.1 Å². The fourth-order valence-corrected chi connectivity index (χ4v) is 5.21. The lowest BCUT2D eigenvalue weighted by Crippen LogP contribution is -2.64. The van der Waals surface area contributed by atoms with Gasteiger partial charge in [-0.1, -0.05) is 29.8 Å². The molecule has 3 atom stereocenters. The van der Waals surface area contributed by atoms with Gasteiger partial charge >= 0.3 is 0 Å². The molecule has 1 aromatic carbocycles. The normalized spacial score (nSPS) is 25.4. The van der Waals surface area contributed by atoms with E-state index in [0.29, 0.717) is 12.1 Å². The Kier molecular flexibility index (Phi) is 6.94. The summed E-state index contributed by atoms with van der Waals surface area (Å²) < 4.78 is 0. The van der Waals surface area contributed by atoms with Crippen molar-refractivity contribution in [3.05, 3.63) is 59.2 Å². The molecule has 6 heteroatoms. The van der Waals surface area contributed by atoms with Crippen LogP contribution >= 0.6 is 11.6 Å². The van der Waals surface area contributed by atoms with Gasteiger partial charge in [0.2, 0.25) is 0 Å². The predicted molar refractivity (Wildman–Crippen MR) is 123 cm³/mol. The number of aliphatic hydroxyl groups excluding tert-OH is 1. The number of aromatic nitrogens is 1. The van der Waals surface area contributed by atoms with Crippen LogP contribution in [0.4, 0.5) is 5.82 Å². The molecular formula is C24H33ClN4O. The molecule has 2 aromatic rings. The van der Waals surface area contributed by atoms with Gasteiger partial charge in [-0.2, -0.15) is 0 Å². The number of halogens is 1. The van der Waals surface area contributed by atoms with Crippen molar-refractivity contribution >= 4 is 17.4 Å². The number of likely N-dealkylation sites (N-methyl/N-ethyl adjacent to an activating group) is 1. The summed E-state index contributed by atoms with van der Waals surface area (Å²) in [4.78, 5) is 11.9. The van der Waals surface area contributed by atoms with Gasteiger partial charge in [0.1, 0.15) is 5.82 Å². The van der Waals surface area contributed by atoms with Crippen LogP contribution in [0.2, 0.25) is 5.02 Å². The average Bonchev–Trinajstić information content (AvgIpc) is 2.76. The first-order valence-corrected chi connectivity index (χ1v) is 11.4. The third-order valence-corrected chi connectivity index (χ3v) is 7.03. The van der Waals surface area contributed by atoms with E-state index in [4.69, 9.17) is 11.6 Å². The van der Waals surface area contributed by atoms with Gasteiger partial charge in [0.15, 0.2) is 0 Å². The zero-order chi connectivity index (χ0) is 21.1. The van der Waals surface area contributed by atoms with E-state index in [9.17, 15) is 5.11 Å². The molecular weight excluding hydrogens is 396 g/mol. The van der Waals surface area contributed by atoms with Crippen LogP contribution in [0.15, 0.2) is 48.7 Å². The van der Waals surface area contributed by atoms with Gasteiger partial charge in [-0.05, 0) is 63.1 Å². The minimum Gasteiger partial charge on any atom is -0.392 e. The molecule has 2 aliphatic rings. The molecule has 0 aliphatic carbocycles. The molecule has 0 radical (unpaired) electrons. The van der Waals surface area contributed by atoms with Crippen LogP contribution in [0.3, 0.4) is 0 Å². The van der Waals surface area contributed by atoms with Gasteiger partial charge in [-0.3, -0.25) is 9.80 Å². The summed E-state index contributed by atoms with van der Waals surface area (Å²) in [5.74, 6) is 1.08. The van der Waals surface area contributed by atoms with Gasteiger partial charge in [0.05, 0.1) is 6.10 Å². The van der Waals surface area contributed by atoms with E-state index >= 15 is 0 Å². The standard InChI is InChI=1S/C24H33ClN4O/c1-18(30)23-17-29(21-10-13-28(14-11-21)24-5-3-4-12-26-24)22(16-27(23)2)15-19-6-8-20(25)9-7-19/h3-9,12,18,21-23,30H,10-11,13-17H2,1-2H3/t18-,22+,23-/m1/s1. The van der Waals surface area contributed by atoms with Crippen LogP contribution in [0.25, 0.3) is 0 Å². The zero-order valence-electron chi connectivity index (χ0n) is 18.0. The number of aliphatic hydroxyl groups is 1.